The Balaban J connectivity index is 2.45. The summed E-state index contributed by atoms with van der Waals surface area (Å²) >= 11 is 0. The number of nitrogens with zero attached hydrogens (tertiary/aromatic N) is 1. The maximum absolute atomic E-state index is 11.0. The van der Waals surface area contributed by atoms with Crippen LogP contribution in [0.2, 0.25) is 0 Å². The molecule has 0 unspecified atom stereocenters. The van der Waals surface area contributed by atoms with Crippen LogP contribution >= 0.6 is 0 Å². The second kappa shape index (κ2) is 6.44. The van der Waals surface area contributed by atoms with Gasteiger partial charge >= 0.3 is 0 Å². The molecule has 1 heterocycles. The maximum atomic E-state index is 11.0. The number of unbranched alkanes of at least 4 members (excludes halogenated alkanes) is 2. The van der Waals surface area contributed by atoms with Crippen molar-refractivity contribution in [1.29, 1.82) is 0 Å². The van der Waals surface area contributed by atoms with Gasteiger partial charge in [0.05, 0.1) is 18.1 Å². The summed E-state index contributed by atoms with van der Waals surface area (Å²) in [6.07, 6.45) is 6.25. The van der Waals surface area contributed by atoms with E-state index in [9.17, 15) is 8.42 Å². The average molecular weight is 257 g/mol. The van der Waals surface area contributed by atoms with Crippen LogP contribution in [0, 0.1) is 0 Å². The standard InChI is InChI=1S/C11H19N3O2S/c1-3-4-5-8-12-10-6-7-11(13-9-10)14-17(2,15)16/h6-7,9,12H,3-5,8H2,1-2H3,(H,13,14). The second-order valence-corrected chi connectivity index (χ2v) is 5.69. The molecule has 96 valence electrons. The van der Waals surface area contributed by atoms with E-state index in [0.29, 0.717) is 5.82 Å². The fraction of sp³-hybridized carbons (Fsp3) is 0.545. The Hall–Kier alpha value is -1.30. The van der Waals surface area contributed by atoms with Crippen LogP contribution < -0.4 is 10.0 Å². The van der Waals surface area contributed by atoms with Gasteiger partial charge in [-0.15, -0.1) is 0 Å². The van der Waals surface area contributed by atoms with Crippen LogP contribution in [0.15, 0.2) is 18.3 Å². The number of nitrogens with one attached hydrogen (secondary N) is 2. The van der Waals surface area contributed by atoms with Gasteiger partial charge < -0.3 is 5.32 Å². The molecule has 0 aliphatic rings. The summed E-state index contributed by atoms with van der Waals surface area (Å²) in [6, 6.07) is 3.45. The van der Waals surface area contributed by atoms with E-state index < -0.39 is 10.0 Å². The van der Waals surface area contributed by atoms with E-state index in [1.54, 1.807) is 12.3 Å². The molecule has 5 nitrogen and oxygen atoms in total. The van der Waals surface area contributed by atoms with Crippen LogP contribution in [0.4, 0.5) is 11.5 Å². The molecule has 0 aromatic carbocycles. The summed E-state index contributed by atoms with van der Waals surface area (Å²) in [5.41, 5.74) is 0.903. The van der Waals surface area contributed by atoms with Crippen molar-refractivity contribution < 1.29 is 8.42 Å². The van der Waals surface area contributed by atoms with Crippen molar-refractivity contribution in [3.8, 4) is 0 Å². The predicted molar refractivity (Wildman–Crippen MR) is 70.7 cm³/mol. The molecule has 1 rings (SSSR count). The Bertz CT molecular complexity index is 429. The molecule has 2 N–H and O–H groups in total. The van der Waals surface area contributed by atoms with Crippen LogP contribution in [0.5, 0.6) is 0 Å². The molecule has 0 spiro atoms. The lowest BCUT2D eigenvalue weighted by atomic mass is 10.2. The molecule has 0 atom stereocenters. The quantitative estimate of drug-likeness (QED) is 0.733. The summed E-state index contributed by atoms with van der Waals surface area (Å²) in [5, 5.41) is 3.23. The lowest BCUT2D eigenvalue weighted by Crippen LogP contribution is -2.11. The van der Waals surface area contributed by atoms with Gasteiger partial charge in [0.15, 0.2) is 0 Å². The fourth-order valence-electron chi connectivity index (χ4n) is 1.36. The molecular formula is C11H19N3O2S. The molecule has 6 heteroatoms. The summed E-state index contributed by atoms with van der Waals surface area (Å²) in [4.78, 5) is 4.01. The van der Waals surface area contributed by atoms with Gasteiger partial charge in [-0.2, -0.15) is 0 Å². The van der Waals surface area contributed by atoms with Crippen molar-refractivity contribution in [2.45, 2.75) is 26.2 Å². The first kappa shape index (κ1) is 13.8. The fourth-order valence-corrected chi connectivity index (χ4v) is 1.86. The molecule has 0 radical (unpaired) electrons. The number of anilines is 2. The Morgan fingerprint density at radius 1 is 1.29 bits per heavy atom. The number of sulfonamides is 1. The van der Waals surface area contributed by atoms with Gasteiger partial charge in [0, 0.05) is 6.54 Å². The molecule has 17 heavy (non-hydrogen) atoms. The van der Waals surface area contributed by atoms with E-state index >= 15 is 0 Å². The minimum Gasteiger partial charge on any atom is -0.384 e. The SMILES string of the molecule is CCCCCNc1ccc(NS(C)(=O)=O)nc1. The lowest BCUT2D eigenvalue weighted by molar-refractivity contribution is 0.606. The zero-order valence-corrected chi connectivity index (χ0v) is 11.0. The highest BCUT2D eigenvalue weighted by Crippen LogP contribution is 2.10. The highest BCUT2D eigenvalue weighted by molar-refractivity contribution is 7.92. The van der Waals surface area contributed by atoms with Gasteiger partial charge in [-0.3, -0.25) is 4.72 Å². The van der Waals surface area contributed by atoms with Crippen molar-refractivity contribution in [2.75, 3.05) is 22.8 Å². The second-order valence-electron chi connectivity index (χ2n) is 3.94. The Morgan fingerprint density at radius 2 is 2.06 bits per heavy atom. The monoisotopic (exact) mass is 257 g/mol. The number of hydrogen-bond donors (Lipinski definition) is 2. The van der Waals surface area contributed by atoms with E-state index in [4.69, 9.17) is 0 Å². The summed E-state index contributed by atoms with van der Waals surface area (Å²) in [7, 11) is -3.25. The predicted octanol–water partition coefficient (Wildman–Crippen LogP) is 2.06. The minimum atomic E-state index is -3.25. The van der Waals surface area contributed by atoms with E-state index in [1.807, 2.05) is 6.07 Å². The van der Waals surface area contributed by atoms with Gasteiger partial charge in [0.25, 0.3) is 0 Å². The number of hydrogen-bond acceptors (Lipinski definition) is 4. The topological polar surface area (TPSA) is 71.1 Å². The third kappa shape index (κ3) is 6.11. The van der Waals surface area contributed by atoms with E-state index in [1.165, 1.54) is 12.8 Å². The Kier molecular flexibility index (Phi) is 5.21. The Morgan fingerprint density at radius 3 is 2.59 bits per heavy atom. The first-order valence-corrected chi connectivity index (χ1v) is 7.58. The highest BCUT2D eigenvalue weighted by atomic mass is 32.2. The van der Waals surface area contributed by atoms with Crippen LogP contribution in [-0.2, 0) is 10.0 Å². The number of aromatic nitrogens is 1. The van der Waals surface area contributed by atoms with Gasteiger partial charge in [-0.25, -0.2) is 13.4 Å². The zero-order chi connectivity index (χ0) is 12.7. The van der Waals surface area contributed by atoms with E-state index in [-0.39, 0.29) is 0 Å². The minimum absolute atomic E-state index is 0.339. The van der Waals surface area contributed by atoms with Gasteiger partial charge in [0.2, 0.25) is 10.0 Å². The number of pyridine rings is 1. The third-order valence-corrected chi connectivity index (χ3v) is 2.74. The van der Waals surface area contributed by atoms with Crippen LogP contribution in [0.1, 0.15) is 26.2 Å². The largest absolute Gasteiger partial charge is 0.384 e. The summed E-state index contributed by atoms with van der Waals surface area (Å²) in [5.74, 6) is 0.339. The van der Waals surface area contributed by atoms with Crippen molar-refractivity contribution in [3.05, 3.63) is 18.3 Å². The molecule has 0 bridgehead atoms. The van der Waals surface area contributed by atoms with Crippen LogP contribution in [0.3, 0.4) is 0 Å². The third-order valence-electron chi connectivity index (χ3n) is 2.16. The smallest absolute Gasteiger partial charge is 0.230 e. The molecule has 0 amide bonds. The summed E-state index contributed by atoms with van der Waals surface area (Å²) < 4.78 is 24.2. The van der Waals surface area contributed by atoms with Crippen molar-refractivity contribution in [1.82, 2.24) is 4.98 Å². The van der Waals surface area contributed by atoms with Crippen molar-refractivity contribution in [2.24, 2.45) is 0 Å². The van der Waals surface area contributed by atoms with Crippen LogP contribution in [-0.4, -0.2) is 26.2 Å². The van der Waals surface area contributed by atoms with Crippen LogP contribution in [0.25, 0.3) is 0 Å². The molecule has 0 aliphatic heterocycles. The number of rotatable bonds is 7. The summed E-state index contributed by atoms with van der Waals surface area (Å²) in [6.45, 7) is 3.07. The molecular weight excluding hydrogens is 238 g/mol. The Labute approximate surface area is 103 Å². The average Bonchev–Trinajstić information content (AvgIpc) is 2.25. The zero-order valence-electron chi connectivity index (χ0n) is 10.2. The van der Waals surface area contributed by atoms with Gasteiger partial charge in [0.1, 0.15) is 5.82 Å². The lowest BCUT2D eigenvalue weighted by Gasteiger charge is -2.07. The van der Waals surface area contributed by atoms with E-state index in [2.05, 4.69) is 21.9 Å². The van der Waals surface area contributed by atoms with Gasteiger partial charge in [-0.1, -0.05) is 19.8 Å². The first-order valence-electron chi connectivity index (χ1n) is 5.69. The molecule has 0 aliphatic carbocycles. The van der Waals surface area contributed by atoms with E-state index in [0.717, 1.165) is 24.9 Å². The molecule has 0 saturated carbocycles. The normalized spacial score (nSPS) is 11.2. The molecule has 0 fully saturated rings. The van der Waals surface area contributed by atoms with Crippen molar-refractivity contribution in [3.63, 3.8) is 0 Å². The highest BCUT2D eigenvalue weighted by Gasteiger charge is 2.02. The van der Waals surface area contributed by atoms with Gasteiger partial charge in [-0.05, 0) is 18.6 Å². The first-order chi connectivity index (χ1) is 8.01. The maximum Gasteiger partial charge on any atom is 0.230 e. The molecule has 1 aromatic heterocycles. The molecule has 1 aromatic rings. The van der Waals surface area contributed by atoms with Crippen molar-refractivity contribution >= 4 is 21.5 Å². The molecule has 0 saturated heterocycles.